The van der Waals surface area contributed by atoms with E-state index in [0.29, 0.717) is 6.61 Å². The van der Waals surface area contributed by atoms with E-state index in [1.54, 1.807) is 0 Å². The first-order valence-corrected chi connectivity index (χ1v) is 8.81. The molecule has 1 aliphatic heterocycles. The van der Waals surface area contributed by atoms with Crippen LogP contribution >= 0.6 is 0 Å². The van der Waals surface area contributed by atoms with Gasteiger partial charge in [0.25, 0.3) is 0 Å². The Balaban J connectivity index is 1.71. The summed E-state index contributed by atoms with van der Waals surface area (Å²) in [6.07, 6.45) is 2.08. The SMILES string of the molecule is Cc1cc(Cn2cnc3ccccc32)c(C)c(C)c1B1OCC(C)O1. The zero-order chi connectivity index (χ0) is 17.6. The van der Waals surface area contributed by atoms with Crippen LogP contribution in [0, 0.1) is 20.8 Å². The van der Waals surface area contributed by atoms with Crippen molar-refractivity contribution in [2.24, 2.45) is 0 Å². The van der Waals surface area contributed by atoms with Crippen LogP contribution in [0.15, 0.2) is 36.7 Å². The molecule has 2 aromatic carbocycles. The van der Waals surface area contributed by atoms with Gasteiger partial charge >= 0.3 is 7.12 Å². The predicted octanol–water partition coefficient (Wildman–Crippen LogP) is 3.14. The minimum atomic E-state index is -0.239. The molecule has 0 spiro atoms. The fourth-order valence-corrected chi connectivity index (χ4v) is 3.70. The molecule has 0 aliphatic carbocycles. The number of aryl methyl sites for hydroxylation is 1. The molecule has 1 fully saturated rings. The monoisotopic (exact) mass is 334 g/mol. The molecular weight excluding hydrogens is 311 g/mol. The number of fused-ring (bicyclic) bond motifs is 1. The van der Waals surface area contributed by atoms with E-state index in [4.69, 9.17) is 9.31 Å². The lowest BCUT2D eigenvalue weighted by molar-refractivity contribution is 0.258. The van der Waals surface area contributed by atoms with Gasteiger partial charge in [0, 0.05) is 6.54 Å². The largest absolute Gasteiger partial charge is 0.494 e. The van der Waals surface area contributed by atoms with E-state index in [9.17, 15) is 0 Å². The molecule has 1 aromatic heterocycles. The van der Waals surface area contributed by atoms with Gasteiger partial charge in [-0.15, -0.1) is 0 Å². The van der Waals surface area contributed by atoms with Gasteiger partial charge in [-0.25, -0.2) is 4.98 Å². The maximum absolute atomic E-state index is 5.93. The number of hydrogen-bond acceptors (Lipinski definition) is 3. The Hall–Kier alpha value is -2.11. The Morgan fingerprint density at radius 3 is 2.76 bits per heavy atom. The molecule has 4 nitrogen and oxygen atoms in total. The van der Waals surface area contributed by atoms with Crippen LogP contribution in [0.4, 0.5) is 0 Å². The second-order valence-electron chi connectivity index (χ2n) is 6.99. The third kappa shape index (κ3) is 2.88. The summed E-state index contributed by atoms with van der Waals surface area (Å²) in [7, 11) is -0.239. The average molecular weight is 334 g/mol. The normalized spacial score (nSPS) is 17.6. The van der Waals surface area contributed by atoms with Crippen LogP contribution in [0.5, 0.6) is 0 Å². The van der Waals surface area contributed by atoms with Gasteiger partial charge in [-0.2, -0.15) is 0 Å². The second-order valence-corrected chi connectivity index (χ2v) is 6.99. The van der Waals surface area contributed by atoms with Crippen LogP contribution in [-0.4, -0.2) is 29.4 Å². The van der Waals surface area contributed by atoms with Gasteiger partial charge < -0.3 is 13.9 Å². The van der Waals surface area contributed by atoms with Crippen molar-refractivity contribution in [3.05, 3.63) is 58.9 Å². The summed E-state index contributed by atoms with van der Waals surface area (Å²) in [4.78, 5) is 4.50. The zero-order valence-corrected chi connectivity index (χ0v) is 15.2. The minimum absolute atomic E-state index is 0.154. The van der Waals surface area contributed by atoms with E-state index >= 15 is 0 Å². The topological polar surface area (TPSA) is 36.3 Å². The van der Waals surface area contributed by atoms with Crippen LogP contribution in [0.3, 0.4) is 0 Å². The number of aromatic nitrogens is 2. The number of benzene rings is 2. The van der Waals surface area contributed by atoms with Crippen molar-refractivity contribution in [2.45, 2.75) is 40.3 Å². The van der Waals surface area contributed by atoms with E-state index in [2.05, 4.69) is 55.4 Å². The fraction of sp³-hybridized carbons (Fsp3) is 0.350. The molecule has 0 saturated carbocycles. The van der Waals surface area contributed by atoms with Gasteiger partial charge in [0.2, 0.25) is 0 Å². The molecule has 5 heteroatoms. The molecule has 3 aromatic rings. The fourth-order valence-electron chi connectivity index (χ4n) is 3.70. The van der Waals surface area contributed by atoms with Gasteiger partial charge in [0.15, 0.2) is 0 Å². The van der Waals surface area contributed by atoms with Gasteiger partial charge in [-0.3, -0.25) is 0 Å². The molecule has 1 unspecified atom stereocenters. The van der Waals surface area contributed by atoms with E-state index in [0.717, 1.165) is 17.6 Å². The lowest BCUT2D eigenvalue weighted by Crippen LogP contribution is -2.37. The molecular formula is C20H23BN2O2. The molecule has 0 radical (unpaired) electrons. The Bertz CT molecular complexity index is 935. The second kappa shape index (κ2) is 6.32. The lowest BCUT2D eigenvalue weighted by Gasteiger charge is -2.18. The number of nitrogens with zero attached hydrogens (tertiary/aromatic N) is 2. The predicted molar refractivity (Wildman–Crippen MR) is 101 cm³/mol. The van der Waals surface area contributed by atoms with E-state index < -0.39 is 0 Å². The van der Waals surface area contributed by atoms with Crippen molar-refractivity contribution in [3.8, 4) is 0 Å². The molecule has 4 rings (SSSR count). The number of hydrogen-bond donors (Lipinski definition) is 0. The van der Waals surface area contributed by atoms with Crippen molar-refractivity contribution in [2.75, 3.05) is 6.61 Å². The highest BCUT2D eigenvalue weighted by Crippen LogP contribution is 2.21. The molecule has 128 valence electrons. The van der Waals surface area contributed by atoms with E-state index in [1.165, 1.54) is 27.7 Å². The molecule has 0 N–H and O–H groups in total. The highest BCUT2D eigenvalue weighted by Gasteiger charge is 2.34. The van der Waals surface area contributed by atoms with Gasteiger partial charge in [-0.05, 0) is 62.0 Å². The maximum atomic E-state index is 5.93. The Labute approximate surface area is 148 Å². The van der Waals surface area contributed by atoms with Crippen molar-refractivity contribution >= 4 is 23.6 Å². The van der Waals surface area contributed by atoms with Crippen LogP contribution in [0.1, 0.15) is 29.2 Å². The molecule has 1 aliphatic rings. The first-order valence-electron chi connectivity index (χ1n) is 8.81. The van der Waals surface area contributed by atoms with Crippen LogP contribution in [-0.2, 0) is 15.9 Å². The molecule has 1 saturated heterocycles. The standard InChI is InChI=1S/C20H23BN2O2/c1-13-9-17(10-23-12-22-18-7-5-6-8-19(18)23)15(3)16(4)20(13)21-24-11-14(2)25-21/h5-9,12,14H,10-11H2,1-4H3. The van der Waals surface area contributed by atoms with Crippen molar-refractivity contribution in [1.29, 1.82) is 0 Å². The smallest absolute Gasteiger partial charge is 0.405 e. The van der Waals surface area contributed by atoms with Crippen LogP contribution in [0.2, 0.25) is 0 Å². The summed E-state index contributed by atoms with van der Waals surface area (Å²) in [6.45, 7) is 10.0. The zero-order valence-electron chi connectivity index (χ0n) is 15.2. The van der Waals surface area contributed by atoms with E-state index in [-0.39, 0.29) is 13.2 Å². The first-order chi connectivity index (χ1) is 12.0. The first kappa shape index (κ1) is 16.4. The quantitative estimate of drug-likeness (QED) is 0.691. The van der Waals surface area contributed by atoms with Gasteiger partial charge in [-0.1, -0.05) is 23.8 Å². The number of imidazole rings is 1. The van der Waals surface area contributed by atoms with Crippen molar-refractivity contribution in [3.63, 3.8) is 0 Å². The summed E-state index contributed by atoms with van der Waals surface area (Å²) < 4.78 is 14.0. The van der Waals surface area contributed by atoms with Gasteiger partial charge in [0.1, 0.15) is 0 Å². The Morgan fingerprint density at radius 1 is 1.20 bits per heavy atom. The van der Waals surface area contributed by atoms with Crippen LogP contribution < -0.4 is 5.46 Å². The Kier molecular flexibility index (Phi) is 4.14. The van der Waals surface area contributed by atoms with E-state index in [1.807, 2.05) is 18.5 Å². The summed E-state index contributed by atoms with van der Waals surface area (Å²) in [5.74, 6) is 0. The number of para-hydroxylation sites is 2. The highest BCUT2D eigenvalue weighted by molar-refractivity contribution is 6.63. The molecule has 0 bridgehead atoms. The maximum Gasteiger partial charge on any atom is 0.494 e. The lowest BCUT2D eigenvalue weighted by atomic mass is 9.72. The molecule has 1 atom stereocenters. The van der Waals surface area contributed by atoms with Crippen molar-refractivity contribution < 1.29 is 9.31 Å². The summed E-state index contributed by atoms with van der Waals surface area (Å²) in [6, 6.07) is 10.5. The third-order valence-electron chi connectivity index (χ3n) is 5.21. The summed E-state index contributed by atoms with van der Waals surface area (Å²) >= 11 is 0. The molecule has 25 heavy (non-hydrogen) atoms. The Morgan fingerprint density at radius 2 is 2.00 bits per heavy atom. The summed E-state index contributed by atoms with van der Waals surface area (Å²) in [5, 5.41) is 0. The summed E-state index contributed by atoms with van der Waals surface area (Å²) in [5.41, 5.74) is 8.48. The average Bonchev–Trinajstić information content (AvgIpc) is 3.19. The highest BCUT2D eigenvalue weighted by atomic mass is 16.6. The van der Waals surface area contributed by atoms with Crippen molar-refractivity contribution in [1.82, 2.24) is 9.55 Å². The number of rotatable bonds is 3. The van der Waals surface area contributed by atoms with Gasteiger partial charge in [0.05, 0.1) is 30.1 Å². The molecule has 2 heterocycles. The van der Waals surface area contributed by atoms with Crippen LogP contribution in [0.25, 0.3) is 11.0 Å². The molecule has 0 amide bonds. The minimum Gasteiger partial charge on any atom is -0.405 e. The third-order valence-corrected chi connectivity index (χ3v) is 5.21.